The summed E-state index contributed by atoms with van der Waals surface area (Å²) < 4.78 is 0. The number of para-hydroxylation sites is 1. The van der Waals surface area contributed by atoms with E-state index in [0.29, 0.717) is 0 Å². The Kier molecular flexibility index (Phi) is 5.16. The van der Waals surface area contributed by atoms with E-state index in [-0.39, 0.29) is 5.92 Å². The summed E-state index contributed by atoms with van der Waals surface area (Å²) in [6.45, 7) is 6.51. The summed E-state index contributed by atoms with van der Waals surface area (Å²) in [4.78, 5) is 14.4. The summed E-state index contributed by atoms with van der Waals surface area (Å²) in [6, 6.07) is 19.0. The molecular weight excluding hydrogens is 342 g/mol. The van der Waals surface area contributed by atoms with Crippen LogP contribution < -0.4 is 0 Å². The molecule has 4 rings (SSSR count). The summed E-state index contributed by atoms with van der Waals surface area (Å²) in [5.41, 5.74) is 6.64. The molecule has 140 valence electrons. The van der Waals surface area contributed by atoms with E-state index in [4.69, 9.17) is 9.98 Å². The number of benzene rings is 2. The van der Waals surface area contributed by atoms with Crippen molar-refractivity contribution in [3.05, 3.63) is 77.6 Å². The molecule has 2 heterocycles. The van der Waals surface area contributed by atoms with Gasteiger partial charge in [0.15, 0.2) is 0 Å². The van der Waals surface area contributed by atoms with Gasteiger partial charge in [-0.05, 0) is 36.1 Å². The number of hydrogen-bond acceptors (Lipinski definition) is 3. The van der Waals surface area contributed by atoms with E-state index in [9.17, 15) is 0 Å². The lowest BCUT2D eigenvalue weighted by molar-refractivity contribution is 0.979. The number of aliphatic imine (C=N–C) groups is 1. The molecule has 1 atom stereocenters. The van der Waals surface area contributed by atoms with Crippen LogP contribution in [0.15, 0.2) is 65.8 Å². The predicted octanol–water partition coefficient (Wildman–Crippen LogP) is 6.41. The second-order valence-electron chi connectivity index (χ2n) is 7.15. The van der Waals surface area contributed by atoms with Crippen molar-refractivity contribution in [1.29, 1.82) is 0 Å². The fraction of sp³-hybridized carbons (Fsp3) is 0.240. The van der Waals surface area contributed by atoms with Gasteiger partial charge in [0.05, 0.1) is 16.7 Å². The zero-order valence-electron chi connectivity index (χ0n) is 16.7. The Morgan fingerprint density at radius 2 is 1.54 bits per heavy atom. The number of pyridine rings is 2. The van der Waals surface area contributed by atoms with Gasteiger partial charge in [-0.2, -0.15) is 0 Å². The summed E-state index contributed by atoms with van der Waals surface area (Å²) in [5.74, 6) is 0.123. The molecule has 2 aromatic heterocycles. The van der Waals surface area contributed by atoms with Crippen molar-refractivity contribution < 1.29 is 0 Å². The van der Waals surface area contributed by atoms with Gasteiger partial charge in [-0.25, -0.2) is 4.98 Å². The minimum absolute atomic E-state index is 0.123. The fourth-order valence-electron chi connectivity index (χ4n) is 3.64. The molecule has 0 N–H and O–H groups in total. The highest BCUT2D eigenvalue weighted by molar-refractivity contribution is 6.02. The second-order valence-corrected chi connectivity index (χ2v) is 7.15. The van der Waals surface area contributed by atoms with Crippen molar-refractivity contribution in [2.45, 2.75) is 39.5 Å². The second kappa shape index (κ2) is 7.89. The summed E-state index contributed by atoms with van der Waals surface area (Å²) in [6.07, 6.45) is 5.83. The lowest BCUT2D eigenvalue weighted by atomic mass is 10.0. The van der Waals surface area contributed by atoms with Gasteiger partial charge >= 0.3 is 0 Å². The van der Waals surface area contributed by atoms with E-state index in [1.165, 1.54) is 11.1 Å². The zero-order chi connectivity index (χ0) is 19.5. The third kappa shape index (κ3) is 3.40. The first-order valence-corrected chi connectivity index (χ1v) is 10.0. The first-order valence-electron chi connectivity index (χ1n) is 10.0. The molecular formula is C25H25N3. The highest BCUT2D eigenvalue weighted by Gasteiger charge is 2.10. The molecule has 0 spiro atoms. The van der Waals surface area contributed by atoms with Gasteiger partial charge in [-0.3, -0.25) is 9.98 Å². The van der Waals surface area contributed by atoms with Crippen molar-refractivity contribution in [3.8, 4) is 0 Å². The predicted molar refractivity (Wildman–Crippen MR) is 119 cm³/mol. The number of hydrogen-bond donors (Lipinski definition) is 0. The molecule has 0 aliphatic carbocycles. The van der Waals surface area contributed by atoms with Crippen LogP contribution in [0.2, 0.25) is 0 Å². The molecule has 3 heteroatoms. The third-order valence-corrected chi connectivity index (χ3v) is 5.31. The van der Waals surface area contributed by atoms with Crippen molar-refractivity contribution in [3.63, 3.8) is 0 Å². The minimum Gasteiger partial charge on any atom is -0.260 e. The fourth-order valence-corrected chi connectivity index (χ4v) is 3.64. The molecule has 28 heavy (non-hydrogen) atoms. The Labute approximate surface area is 166 Å². The van der Waals surface area contributed by atoms with Crippen LogP contribution in [0.25, 0.3) is 21.8 Å². The lowest BCUT2D eigenvalue weighted by Gasteiger charge is -2.11. The lowest BCUT2D eigenvalue weighted by Crippen LogP contribution is -1.99. The van der Waals surface area contributed by atoms with E-state index < -0.39 is 0 Å². The van der Waals surface area contributed by atoms with Gasteiger partial charge in [0.25, 0.3) is 0 Å². The number of aryl methyl sites for hydroxylation is 2. The van der Waals surface area contributed by atoms with Crippen molar-refractivity contribution >= 4 is 33.7 Å². The smallest absolute Gasteiger partial charge is 0.0968 e. The van der Waals surface area contributed by atoms with Crippen LogP contribution in [-0.2, 0) is 12.8 Å². The Bertz CT molecular complexity index is 1140. The van der Waals surface area contributed by atoms with Gasteiger partial charge in [-0.1, -0.05) is 63.2 Å². The molecule has 0 fully saturated rings. The molecule has 2 aromatic carbocycles. The number of nitrogens with zero attached hydrogens (tertiary/aromatic N) is 3. The maximum atomic E-state index is 4.95. The van der Waals surface area contributed by atoms with Crippen LogP contribution in [0.5, 0.6) is 0 Å². The molecule has 0 saturated heterocycles. The average Bonchev–Trinajstić information content (AvgIpc) is 2.76. The Hall–Kier alpha value is -3.07. The highest BCUT2D eigenvalue weighted by Crippen LogP contribution is 2.27. The van der Waals surface area contributed by atoms with Gasteiger partial charge in [-0.15, -0.1) is 0 Å². The summed E-state index contributed by atoms with van der Waals surface area (Å²) in [5, 5.41) is 2.23. The highest BCUT2D eigenvalue weighted by atomic mass is 14.8. The Balaban J connectivity index is 1.73. The monoisotopic (exact) mass is 367 g/mol. The van der Waals surface area contributed by atoms with E-state index in [0.717, 1.165) is 46.0 Å². The van der Waals surface area contributed by atoms with E-state index in [1.54, 1.807) is 0 Å². The molecule has 0 radical (unpaired) electrons. The maximum Gasteiger partial charge on any atom is 0.0968 e. The van der Waals surface area contributed by atoms with Crippen LogP contribution in [0.1, 0.15) is 43.5 Å². The number of rotatable bonds is 5. The molecule has 0 aliphatic rings. The van der Waals surface area contributed by atoms with E-state index in [2.05, 4.69) is 74.3 Å². The van der Waals surface area contributed by atoms with Crippen molar-refractivity contribution in [1.82, 2.24) is 9.97 Å². The Morgan fingerprint density at radius 1 is 0.857 bits per heavy atom. The maximum absolute atomic E-state index is 4.95. The van der Waals surface area contributed by atoms with Crippen LogP contribution in [0.4, 0.5) is 5.69 Å². The topological polar surface area (TPSA) is 38.1 Å². The normalized spacial score (nSPS) is 12.8. The van der Waals surface area contributed by atoms with Crippen LogP contribution >= 0.6 is 0 Å². The largest absolute Gasteiger partial charge is 0.260 e. The molecule has 4 aromatic rings. The average molecular weight is 367 g/mol. The third-order valence-electron chi connectivity index (χ3n) is 5.31. The SMILES string of the molecule is CCc1cccc(CC)c1N=CC(C)c1ccc2ccc3cccnc3c2n1. The molecule has 1 unspecified atom stereocenters. The van der Waals surface area contributed by atoms with Crippen molar-refractivity contribution in [2.24, 2.45) is 4.99 Å². The zero-order valence-corrected chi connectivity index (χ0v) is 16.7. The van der Waals surface area contributed by atoms with E-state index in [1.807, 2.05) is 18.5 Å². The van der Waals surface area contributed by atoms with Gasteiger partial charge in [0, 0.05) is 34.8 Å². The van der Waals surface area contributed by atoms with Gasteiger partial charge in [0.2, 0.25) is 0 Å². The van der Waals surface area contributed by atoms with Crippen LogP contribution in [0.3, 0.4) is 0 Å². The standard InChI is InChI=1S/C25H25N3/c1-4-18-8-6-9-19(5-2)23(18)27-16-17(3)22-14-13-21-12-11-20-10-7-15-26-24(20)25(21)28-22/h6-17H,4-5H2,1-3H3. The molecule has 0 saturated carbocycles. The Morgan fingerprint density at radius 3 is 2.25 bits per heavy atom. The van der Waals surface area contributed by atoms with E-state index >= 15 is 0 Å². The number of fused-ring (bicyclic) bond motifs is 3. The van der Waals surface area contributed by atoms with Crippen LogP contribution in [0, 0.1) is 0 Å². The first kappa shape index (κ1) is 18.3. The molecule has 0 aliphatic heterocycles. The molecule has 3 nitrogen and oxygen atoms in total. The van der Waals surface area contributed by atoms with Crippen molar-refractivity contribution in [2.75, 3.05) is 0 Å². The first-order chi connectivity index (χ1) is 13.7. The van der Waals surface area contributed by atoms with Gasteiger partial charge < -0.3 is 0 Å². The minimum atomic E-state index is 0.123. The van der Waals surface area contributed by atoms with Gasteiger partial charge in [0.1, 0.15) is 0 Å². The number of aromatic nitrogens is 2. The molecule has 0 amide bonds. The summed E-state index contributed by atoms with van der Waals surface area (Å²) in [7, 11) is 0. The van der Waals surface area contributed by atoms with Crippen LogP contribution in [-0.4, -0.2) is 16.2 Å². The molecule has 0 bridgehead atoms. The summed E-state index contributed by atoms with van der Waals surface area (Å²) >= 11 is 0. The quantitative estimate of drug-likeness (QED) is 0.302.